The van der Waals surface area contributed by atoms with Gasteiger partial charge in [-0.2, -0.15) is 5.32 Å². The zero-order valence-corrected chi connectivity index (χ0v) is 9.06. The molecule has 2 rings (SSSR count). The SMILES string of the molecule is CCOC(=O)c1ccc2c(c1)[N]C(=O)N2C. The van der Waals surface area contributed by atoms with Crippen molar-refractivity contribution in [1.29, 1.82) is 0 Å². The van der Waals surface area contributed by atoms with Crippen LogP contribution in [0.15, 0.2) is 18.2 Å². The number of rotatable bonds is 2. The quantitative estimate of drug-likeness (QED) is 0.711. The van der Waals surface area contributed by atoms with Crippen molar-refractivity contribution < 1.29 is 14.3 Å². The summed E-state index contributed by atoms with van der Waals surface area (Å²) in [5, 5.41) is 3.82. The maximum Gasteiger partial charge on any atom is 0.348 e. The van der Waals surface area contributed by atoms with Gasteiger partial charge in [-0.1, -0.05) is 0 Å². The van der Waals surface area contributed by atoms with Crippen LogP contribution in [0.3, 0.4) is 0 Å². The number of carbonyl (C=O) groups is 2. The van der Waals surface area contributed by atoms with Gasteiger partial charge in [-0.25, -0.2) is 9.59 Å². The Hall–Kier alpha value is -2.04. The van der Waals surface area contributed by atoms with E-state index in [0.29, 0.717) is 23.5 Å². The Morgan fingerprint density at radius 2 is 2.25 bits per heavy atom. The molecule has 0 unspecified atom stereocenters. The summed E-state index contributed by atoms with van der Waals surface area (Å²) in [5.74, 6) is -0.400. The summed E-state index contributed by atoms with van der Waals surface area (Å²) in [6.07, 6.45) is 0. The first-order valence-electron chi connectivity index (χ1n) is 4.94. The van der Waals surface area contributed by atoms with Gasteiger partial charge in [0, 0.05) is 7.05 Å². The Bertz CT molecular complexity index is 457. The van der Waals surface area contributed by atoms with Gasteiger partial charge in [-0.3, -0.25) is 4.90 Å². The third kappa shape index (κ3) is 1.60. The van der Waals surface area contributed by atoms with Crippen molar-refractivity contribution >= 4 is 23.4 Å². The van der Waals surface area contributed by atoms with Crippen LogP contribution >= 0.6 is 0 Å². The molecule has 0 saturated carbocycles. The van der Waals surface area contributed by atoms with Crippen LogP contribution in [0.2, 0.25) is 0 Å². The van der Waals surface area contributed by atoms with Gasteiger partial charge in [0.2, 0.25) is 0 Å². The fraction of sp³-hybridized carbons (Fsp3) is 0.273. The molecule has 83 valence electrons. The lowest BCUT2D eigenvalue weighted by Crippen LogP contribution is -2.22. The van der Waals surface area contributed by atoms with Crippen LogP contribution in [-0.2, 0) is 4.74 Å². The second-order valence-corrected chi connectivity index (χ2v) is 3.38. The fourth-order valence-corrected chi connectivity index (χ4v) is 1.52. The van der Waals surface area contributed by atoms with Gasteiger partial charge in [0.1, 0.15) is 0 Å². The van der Waals surface area contributed by atoms with Crippen molar-refractivity contribution in [2.24, 2.45) is 0 Å². The van der Waals surface area contributed by atoms with Crippen molar-refractivity contribution in [2.75, 3.05) is 18.6 Å². The average molecular weight is 219 g/mol. The minimum absolute atomic E-state index is 0.323. The maximum atomic E-state index is 11.4. The lowest BCUT2D eigenvalue weighted by Gasteiger charge is -2.07. The number of anilines is 1. The third-order valence-electron chi connectivity index (χ3n) is 2.35. The maximum absolute atomic E-state index is 11.4. The number of urea groups is 1. The summed E-state index contributed by atoms with van der Waals surface area (Å²) >= 11 is 0. The molecule has 1 aromatic rings. The van der Waals surface area contributed by atoms with Gasteiger partial charge in [-0.15, -0.1) is 0 Å². The molecule has 5 nitrogen and oxygen atoms in total. The van der Waals surface area contributed by atoms with Crippen molar-refractivity contribution in [1.82, 2.24) is 5.32 Å². The van der Waals surface area contributed by atoms with E-state index < -0.39 is 5.97 Å². The minimum atomic E-state index is -0.400. The predicted octanol–water partition coefficient (Wildman–Crippen LogP) is 1.67. The second kappa shape index (κ2) is 3.84. The van der Waals surface area contributed by atoms with E-state index in [-0.39, 0.29) is 6.03 Å². The molecule has 0 N–H and O–H groups in total. The minimum Gasteiger partial charge on any atom is -0.462 e. The van der Waals surface area contributed by atoms with Crippen LogP contribution < -0.4 is 10.2 Å². The lowest BCUT2D eigenvalue weighted by molar-refractivity contribution is 0.0526. The molecule has 0 bridgehead atoms. The number of carbonyl (C=O) groups excluding carboxylic acids is 2. The fourth-order valence-electron chi connectivity index (χ4n) is 1.52. The number of hydrogen-bond donors (Lipinski definition) is 0. The molecule has 0 fully saturated rings. The highest BCUT2D eigenvalue weighted by atomic mass is 16.5. The van der Waals surface area contributed by atoms with Crippen molar-refractivity contribution in [3.8, 4) is 0 Å². The number of fused-ring (bicyclic) bond motifs is 1. The normalized spacial score (nSPS) is 13.4. The number of ether oxygens (including phenoxy) is 1. The molecule has 1 aliphatic rings. The summed E-state index contributed by atoms with van der Waals surface area (Å²) < 4.78 is 4.86. The summed E-state index contributed by atoms with van der Waals surface area (Å²) in [6, 6.07) is 4.56. The largest absolute Gasteiger partial charge is 0.462 e. The summed E-state index contributed by atoms with van der Waals surface area (Å²) in [5.41, 5.74) is 1.63. The predicted molar refractivity (Wildman–Crippen MR) is 58.0 cm³/mol. The Morgan fingerprint density at radius 3 is 2.94 bits per heavy atom. The molecule has 1 aromatic carbocycles. The lowest BCUT2D eigenvalue weighted by atomic mass is 10.2. The van der Waals surface area contributed by atoms with Crippen LogP contribution in [0.4, 0.5) is 16.2 Å². The molecule has 1 aliphatic heterocycles. The topological polar surface area (TPSA) is 60.7 Å². The van der Waals surface area contributed by atoms with E-state index in [4.69, 9.17) is 4.74 Å². The zero-order valence-electron chi connectivity index (χ0n) is 9.06. The van der Waals surface area contributed by atoms with E-state index in [1.54, 1.807) is 32.2 Å². The van der Waals surface area contributed by atoms with Crippen molar-refractivity contribution in [3.63, 3.8) is 0 Å². The highest BCUT2D eigenvalue weighted by Crippen LogP contribution is 2.32. The Labute approximate surface area is 93.0 Å². The molecule has 2 amide bonds. The van der Waals surface area contributed by atoms with E-state index in [2.05, 4.69) is 5.32 Å². The van der Waals surface area contributed by atoms with E-state index in [0.717, 1.165) is 0 Å². The molecule has 1 radical (unpaired) electrons. The third-order valence-corrected chi connectivity index (χ3v) is 2.35. The molecule has 16 heavy (non-hydrogen) atoms. The van der Waals surface area contributed by atoms with Gasteiger partial charge in [0.05, 0.1) is 23.5 Å². The molecular weight excluding hydrogens is 208 g/mol. The van der Waals surface area contributed by atoms with Gasteiger partial charge in [0.25, 0.3) is 0 Å². The smallest absolute Gasteiger partial charge is 0.348 e. The first-order chi connectivity index (χ1) is 7.63. The van der Waals surface area contributed by atoms with E-state index >= 15 is 0 Å². The average Bonchev–Trinajstić information content (AvgIpc) is 2.55. The summed E-state index contributed by atoms with van der Waals surface area (Å²) in [6.45, 7) is 2.07. The van der Waals surface area contributed by atoms with Crippen LogP contribution in [0.5, 0.6) is 0 Å². The summed E-state index contributed by atoms with van der Waals surface area (Å²) in [4.78, 5) is 24.2. The van der Waals surface area contributed by atoms with Crippen molar-refractivity contribution in [2.45, 2.75) is 6.92 Å². The standard InChI is InChI=1S/C11H11N2O3/c1-3-16-10(14)7-4-5-9-8(6-7)12-11(15)13(9)2/h4-6H,3H2,1-2H3. The second-order valence-electron chi connectivity index (χ2n) is 3.38. The molecular formula is C11H11N2O3. The van der Waals surface area contributed by atoms with Crippen LogP contribution in [0.25, 0.3) is 0 Å². The molecule has 5 heteroatoms. The number of nitrogens with zero attached hydrogens (tertiary/aromatic N) is 2. The first kappa shape index (κ1) is 10.5. The highest BCUT2D eigenvalue weighted by Gasteiger charge is 2.26. The first-order valence-corrected chi connectivity index (χ1v) is 4.94. The van der Waals surface area contributed by atoms with E-state index in [9.17, 15) is 9.59 Å². The Kier molecular flexibility index (Phi) is 2.52. The number of hydrogen-bond acceptors (Lipinski definition) is 3. The molecule has 0 spiro atoms. The Morgan fingerprint density at radius 1 is 1.50 bits per heavy atom. The molecule has 0 aromatic heterocycles. The highest BCUT2D eigenvalue weighted by molar-refractivity contribution is 6.05. The van der Waals surface area contributed by atoms with Crippen LogP contribution in [0.1, 0.15) is 17.3 Å². The van der Waals surface area contributed by atoms with Gasteiger partial charge < -0.3 is 4.74 Å². The molecule has 1 heterocycles. The summed E-state index contributed by atoms with van der Waals surface area (Å²) in [7, 11) is 1.64. The number of amides is 2. The molecule has 0 atom stereocenters. The van der Waals surface area contributed by atoms with Gasteiger partial charge >= 0.3 is 12.0 Å². The number of benzene rings is 1. The van der Waals surface area contributed by atoms with Gasteiger partial charge in [0.15, 0.2) is 0 Å². The molecule has 0 saturated heterocycles. The monoisotopic (exact) mass is 219 g/mol. The van der Waals surface area contributed by atoms with E-state index in [1.807, 2.05) is 0 Å². The zero-order chi connectivity index (χ0) is 11.7. The van der Waals surface area contributed by atoms with Crippen LogP contribution in [0, 0.1) is 0 Å². The number of esters is 1. The molecule has 0 aliphatic carbocycles. The Balaban J connectivity index is 2.32. The van der Waals surface area contributed by atoms with Gasteiger partial charge in [-0.05, 0) is 25.1 Å². The van der Waals surface area contributed by atoms with E-state index in [1.165, 1.54) is 4.90 Å². The van der Waals surface area contributed by atoms with Crippen LogP contribution in [-0.4, -0.2) is 25.7 Å². The van der Waals surface area contributed by atoms with Crippen molar-refractivity contribution in [3.05, 3.63) is 23.8 Å².